The zero-order valence-electron chi connectivity index (χ0n) is 19.4. The Morgan fingerprint density at radius 2 is 1.67 bits per heavy atom. The lowest BCUT2D eigenvalue weighted by atomic mass is 10.0. The zero-order chi connectivity index (χ0) is 24.8. The van der Waals surface area contributed by atoms with E-state index < -0.39 is 56.6 Å². The Morgan fingerprint density at radius 1 is 1.12 bits per heavy atom. The van der Waals surface area contributed by atoms with E-state index in [1.807, 2.05) is 13.8 Å². The fourth-order valence-corrected chi connectivity index (χ4v) is 6.20. The zero-order valence-corrected chi connectivity index (χ0v) is 20.2. The summed E-state index contributed by atoms with van der Waals surface area (Å²) in [5, 5.41) is 10.1. The van der Waals surface area contributed by atoms with E-state index in [1.54, 1.807) is 0 Å². The van der Waals surface area contributed by atoms with Gasteiger partial charge in [0.2, 0.25) is 5.91 Å². The molecule has 1 fully saturated rings. The molecule has 0 aliphatic heterocycles. The second-order valence-electron chi connectivity index (χ2n) is 9.07. The van der Waals surface area contributed by atoms with E-state index in [-0.39, 0.29) is 19.0 Å². The third-order valence-electron chi connectivity index (χ3n) is 6.00. The van der Waals surface area contributed by atoms with Crippen LogP contribution in [0.2, 0.25) is 0 Å². The molecule has 1 aromatic carbocycles. The SMILES string of the molecule is CCCC(CCC)S(=O)(=O)C[C@@H](N)C(=O)N(C[C@@H](O)[C@@H](N)Cc1cc(F)cc(F)c1)C1CC1. The molecule has 188 valence electrons. The van der Waals surface area contributed by atoms with Crippen LogP contribution in [0.5, 0.6) is 0 Å². The van der Waals surface area contributed by atoms with E-state index in [1.165, 1.54) is 4.90 Å². The van der Waals surface area contributed by atoms with Crippen LogP contribution >= 0.6 is 0 Å². The van der Waals surface area contributed by atoms with E-state index in [4.69, 9.17) is 11.5 Å². The number of halogens is 2. The highest BCUT2D eigenvalue weighted by molar-refractivity contribution is 7.92. The van der Waals surface area contributed by atoms with E-state index >= 15 is 0 Å². The molecule has 10 heteroatoms. The predicted octanol–water partition coefficient (Wildman–Crippen LogP) is 1.90. The Kier molecular flexibility index (Phi) is 10.2. The van der Waals surface area contributed by atoms with Gasteiger partial charge in [-0.2, -0.15) is 0 Å². The number of aliphatic hydroxyl groups excluding tert-OH is 1. The van der Waals surface area contributed by atoms with E-state index in [0.717, 1.165) is 43.9 Å². The summed E-state index contributed by atoms with van der Waals surface area (Å²) < 4.78 is 52.5. The van der Waals surface area contributed by atoms with Crippen molar-refractivity contribution in [3.05, 3.63) is 35.4 Å². The molecule has 0 heterocycles. The topological polar surface area (TPSA) is 127 Å². The van der Waals surface area contributed by atoms with Gasteiger partial charge in [0.25, 0.3) is 0 Å². The van der Waals surface area contributed by atoms with Gasteiger partial charge < -0.3 is 21.5 Å². The molecule has 33 heavy (non-hydrogen) atoms. The molecular weight excluding hydrogens is 452 g/mol. The molecule has 1 saturated carbocycles. The van der Waals surface area contributed by atoms with Gasteiger partial charge in [-0.15, -0.1) is 0 Å². The number of amides is 1. The summed E-state index contributed by atoms with van der Waals surface area (Å²) in [6.07, 6.45) is 2.81. The molecule has 7 nitrogen and oxygen atoms in total. The highest BCUT2D eigenvalue weighted by Crippen LogP contribution is 2.28. The van der Waals surface area contributed by atoms with Gasteiger partial charge in [-0.05, 0) is 49.8 Å². The van der Waals surface area contributed by atoms with Gasteiger partial charge in [-0.3, -0.25) is 4.79 Å². The average Bonchev–Trinajstić information content (AvgIpc) is 3.55. The maximum absolute atomic E-state index is 13.4. The first-order valence-corrected chi connectivity index (χ1v) is 13.4. The highest BCUT2D eigenvalue weighted by atomic mass is 32.2. The van der Waals surface area contributed by atoms with Crippen LogP contribution in [-0.2, 0) is 21.1 Å². The highest BCUT2D eigenvalue weighted by Gasteiger charge is 2.38. The number of hydrogen-bond acceptors (Lipinski definition) is 6. The van der Waals surface area contributed by atoms with Crippen molar-refractivity contribution in [2.24, 2.45) is 11.5 Å². The van der Waals surface area contributed by atoms with Crippen molar-refractivity contribution >= 4 is 15.7 Å². The molecule has 0 aromatic heterocycles. The average molecular weight is 490 g/mol. The number of carbonyl (C=O) groups is 1. The molecule has 0 saturated heterocycles. The fourth-order valence-electron chi connectivity index (χ4n) is 4.10. The van der Waals surface area contributed by atoms with Gasteiger partial charge in [0, 0.05) is 24.7 Å². The maximum atomic E-state index is 13.4. The van der Waals surface area contributed by atoms with Crippen LogP contribution in [0.25, 0.3) is 0 Å². The molecule has 2 rings (SSSR count). The third-order valence-corrected chi connectivity index (χ3v) is 8.31. The summed E-state index contributed by atoms with van der Waals surface area (Å²) in [7, 11) is -3.55. The van der Waals surface area contributed by atoms with E-state index in [2.05, 4.69) is 0 Å². The fraction of sp³-hybridized carbons (Fsp3) is 0.696. The first-order valence-electron chi connectivity index (χ1n) is 11.6. The number of nitrogens with two attached hydrogens (primary N) is 2. The van der Waals surface area contributed by atoms with Crippen molar-refractivity contribution in [1.82, 2.24) is 4.90 Å². The molecule has 1 aromatic rings. The quantitative estimate of drug-likeness (QED) is 0.366. The second-order valence-corrected chi connectivity index (χ2v) is 11.4. The molecule has 3 atom stereocenters. The van der Waals surface area contributed by atoms with Crippen LogP contribution in [0, 0.1) is 11.6 Å². The monoisotopic (exact) mass is 489 g/mol. The van der Waals surface area contributed by atoms with Crippen LogP contribution < -0.4 is 11.5 Å². The third kappa shape index (κ3) is 8.27. The van der Waals surface area contributed by atoms with Gasteiger partial charge in [0.05, 0.1) is 23.1 Å². The van der Waals surface area contributed by atoms with Gasteiger partial charge in [-0.1, -0.05) is 26.7 Å². The number of sulfone groups is 1. The standard InChI is InChI=1S/C23H37F2N3O4S/c1-3-5-19(6-4-2)33(31,32)14-21(27)23(30)28(18-7-8-18)13-22(29)20(26)11-15-9-16(24)12-17(25)10-15/h9-10,12,18-22,29H,3-8,11,13-14,26-27H2,1-2H3/t20-,21+,22+/m0/s1. The Balaban J connectivity index is 2.03. The number of rotatable bonds is 14. The van der Waals surface area contributed by atoms with E-state index in [0.29, 0.717) is 18.4 Å². The van der Waals surface area contributed by atoms with Gasteiger partial charge in [0.15, 0.2) is 9.84 Å². The normalized spacial score (nSPS) is 17.1. The predicted molar refractivity (Wildman–Crippen MR) is 124 cm³/mol. The molecule has 1 aliphatic carbocycles. The molecule has 0 radical (unpaired) electrons. The minimum absolute atomic E-state index is 0.0126. The van der Waals surface area contributed by atoms with Crippen molar-refractivity contribution in [2.75, 3.05) is 12.3 Å². The van der Waals surface area contributed by atoms with E-state index in [9.17, 15) is 27.1 Å². The molecule has 5 N–H and O–H groups in total. The largest absolute Gasteiger partial charge is 0.390 e. The molecule has 0 spiro atoms. The minimum Gasteiger partial charge on any atom is -0.390 e. The van der Waals surface area contributed by atoms with Crippen molar-refractivity contribution < 1.29 is 27.1 Å². The first kappa shape index (κ1) is 27.6. The van der Waals surface area contributed by atoms with Crippen LogP contribution in [-0.4, -0.2) is 66.1 Å². The first-order chi connectivity index (χ1) is 15.5. The van der Waals surface area contributed by atoms with Crippen molar-refractivity contribution in [2.45, 2.75) is 88.3 Å². The number of benzene rings is 1. The summed E-state index contributed by atoms with van der Waals surface area (Å²) in [5.41, 5.74) is 12.4. The molecule has 1 amide bonds. The molecule has 0 bridgehead atoms. The summed E-state index contributed by atoms with van der Waals surface area (Å²) >= 11 is 0. The molecule has 0 unspecified atom stereocenters. The van der Waals surface area contributed by atoms with Gasteiger partial charge in [0.1, 0.15) is 11.6 Å². The summed E-state index contributed by atoms with van der Waals surface area (Å²) in [4.78, 5) is 14.4. The lowest BCUT2D eigenvalue weighted by Crippen LogP contribution is -2.53. The number of carbonyl (C=O) groups excluding carboxylic acids is 1. The van der Waals surface area contributed by atoms with Crippen LogP contribution in [0.15, 0.2) is 18.2 Å². The lowest BCUT2D eigenvalue weighted by molar-refractivity contribution is -0.134. The summed E-state index contributed by atoms with van der Waals surface area (Å²) in [5.74, 6) is -2.45. The summed E-state index contributed by atoms with van der Waals surface area (Å²) in [6.45, 7) is 3.71. The van der Waals surface area contributed by atoms with Crippen LogP contribution in [0.4, 0.5) is 8.78 Å². The lowest BCUT2D eigenvalue weighted by Gasteiger charge is -2.30. The Labute approximate surface area is 195 Å². The number of hydrogen-bond donors (Lipinski definition) is 3. The Morgan fingerprint density at radius 3 is 2.15 bits per heavy atom. The van der Waals surface area contributed by atoms with Crippen molar-refractivity contribution in [3.63, 3.8) is 0 Å². The van der Waals surface area contributed by atoms with Crippen LogP contribution in [0.3, 0.4) is 0 Å². The van der Waals surface area contributed by atoms with Gasteiger partial charge in [-0.25, -0.2) is 17.2 Å². The summed E-state index contributed by atoms with van der Waals surface area (Å²) in [6, 6.07) is 0.806. The Hall–Kier alpha value is -1.62. The minimum atomic E-state index is -3.55. The number of nitrogens with zero attached hydrogens (tertiary/aromatic N) is 1. The smallest absolute Gasteiger partial charge is 0.240 e. The molecular formula is C23H37F2N3O4S. The second kappa shape index (κ2) is 12.2. The number of aliphatic hydroxyl groups is 1. The van der Waals surface area contributed by atoms with Crippen LogP contribution in [0.1, 0.15) is 57.9 Å². The van der Waals surface area contributed by atoms with Gasteiger partial charge >= 0.3 is 0 Å². The van der Waals surface area contributed by atoms with Crippen molar-refractivity contribution in [3.8, 4) is 0 Å². The molecule has 1 aliphatic rings. The maximum Gasteiger partial charge on any atom is 0.240 e. The van der Waals surface area contributed by atoms with Crippen molar-refractivity contribution in [1.29, 1.82) is 0 Å². The Bertz CT molecular complexity index is 869.